The molecule has 2 aromatic carbocycles. The first-order valence-electron chi connectivity index (χ1n) is 11.0. The van der Waals surface area contributed by atoms with E-state index in [1.54, 1.807) is 0 Å². The first kappa shape index (κ1) is 18.9. The van der Waals surface area contributed by atoms with Gasteiger partial charge in [0.15, 0.2) is 12.0 Å². The van der Waals surface area contributed by atoms with Gasteiger partial charge in [-0.05, 0) is 59.2 Å². The standard InChI is InChI=1S/C27H30N3/c1-18(2)24-15-22(21-10-7-6-8-11-21)16-25(19(3)4)26(24)30-20(5)14-23-17-28-12-9-13-29(28)27(23)30/h6-16,18-19H,17H2,1-5H3/q+1. The summed E-state index contributed by atoms with van der Waals surface area (Å²) in [6.07, 6.45) is 4.33. The van der Waals surface area contributed by atoms with Gasteiger partial charge in [0.25, 0.3) is 0 Å². The topological polar surface area (TPSA) is 13.7 Å². The summed E-state index contributed by atoms with van der Waals surface area (Å²) in [5, 5.41) is 0. The highest BCUT2D eigenvalue weighted by molar-refractivity contribution is 5.71. The van der Waals surface area contributed by atoms with E-state index >= 15 is 0 Å². The molecule has 0 aliphatic carbocycles. The largest absolute Gasteiger partial charge is 0.295 e. The zero-order valence-electron chi connectivity index (χ0n) is 18.6. The summed E-state index contributed by atoms with van der Waals surface area (Å²) in [5.41, 5.74) is 9.47. The highest BCUT2D eigenvalue weighted by atomic mass is 15.5. The molecule has 0 fully saturated rings. The number of rotatable bonds is 4. The Labute approximate surface area is 179 Å². The summed E-state index contributed by atoms with van der Waals surface area (Å²) in [6.45, 7) is 12.4. The summed E-state index contributed by atoms with van der Waals surface area (Å²) >= 11 is 0. The molecule has 0 amide bonds. The molecule has 0 atom stereocenters. The molecule has 1 aliphatic heterocycles. The van der Waals surface area contributed by atoms with Gasteiger partial charge < -0.3 is 0 Å². The quantitative estimate of drug-likeness (QED) is 0.324. The van der Waals surface area contributed by atoms with Gasteiger partial charge in [0.05, 0.1) is 17.4 Å². The van der Waals surface area contributed by atoms with Crippen LogP contribution in [0.1, 0.15) is 61.9 Å². The molecular weight excluding hydrogens is 366 g/mol. The normalized spacial score (nSPS) is 12.6. The fourth-order valence-electron chi connectivity index (χ4n) is 4.83. The molecule has 3 nitrogen and oxygen atoms in total. The molecule has 0 saturated carbocycles. The summed E-state index contributed by atoms with van der Waals surface area (Å²) in [5.74, 6) is 2.14. The number of hydrogen-bond donors (Lipinski definition) is 0. The molecule has 0 unspecified atom stereocenters. The van der Waals surface area contributed by atoms with E-state index in [4.69, 9.17) is 0 Å². The summed E-state index contributed by atoms with van der Waals surface area (Å²) in [6, 6.07) is 20.1. The van der Waals surface area contributed by atoms with Gasteiger partial charge in [0, 0.05) is 11.8 Å². The molecule has 2 aromatic heterocycles. The lowest BCUT2D eigenvalue weighted by Gasteiger charge is -2.24. The van der Waals surface area contributed by atoms with Crippen molar-refractivity contribution in [3.05, 3.63) is 89.4 Å². The Morgan fingerprint density at radius 2 is 1.50 bits per heavy atom. The van der Waals surface area contributed by atoms with Gasteiger partial charge in [-0.25, -0.2) is 0 Å². The van der Waals surface area contributed by atoms with Crippen LogP contribution in [0.5, 0.6) is 0 Å². The van der Waals surface area contributed by atoms with Crippen molar-refractivity contribution in [2.75, 3.05) is 0 Å². The van der Waals surface area contributed by atoms with Crippen LogP contribution < -0.4 is 4.68 Å². The Morgan fingerprint density at radius 1 is 0.833 bits per heavy atom. The lowest BCUT2D eigenvalue weighted by atomic mass is 9.88. The molecule has 5 rings (SSSR count). The van der Waals surface area contributed by atoms with Gasteiger partial charge in [0.2, 0.25) is 6.54 Å². The fraction of sp³-hybridized carbons (Fsp3) is 0.296. The molecule has 3 heterocycles. The van der Waals surface area contributed by atoms with Crippen LogP contribution in [0.15, 0.2) is 67.0 Å². The minimum Gasteiger partial charge on any atom is -0.295 e. The number of hydrogen-bond acceptors (Lipinski definition) is 0. The van der Waals surface area contributed by atoms with Crippen molar-refractivity contribution >= 4 is 0 Å². The molecule has 0 bridgehead atoms. The zero-order chi connectivity index (χ0) is 21.0. The molecule has 4 aromatic rings. The number of benzene rings is 2. The smallest absolute Gasteiger partial charge is 0.201 e. The van der Waals surface area contributed by atoms with Crippen LogP contribution >= 0.6 is 0 Å². The Balaban J connectivity index is 1.82. The third-order valence-electron chi connectivity index (χ3n) is 6.29. The van der Waals surface area contributed by atoms with Gasteiger partial charge in [-0.1, -0.05) is 58.0 Å². The molecule has 0 saturated heterocycles. The van der Waals surface area contributed by atoms with E-state index in [9.17, 15) is 0 Å². The maximum atomic E-state index is 2.50. The van der Waals surface area contributed by atoms with Crippen molar-refractivity contribution in [1.29, 1.82) is 0 Å². The van der Waals surface area contributed by atoms with E-state index in [1.165, 1.54) is 45.0 Å². The van der Waals surface area contributed by atoms with Gasteiger partial charge in [-0.15, -0.1) is 9.36 Å². The SMILES string of the molecule is Cc1cc2c(n1-c1c(C(C)C)cc(-c3ccccc3)cc1C(C)C)-n1ccc[n+]1C2. The third-order valence-corrected chi connectivity index (χ3v) is 6.29. The third kappa shape index (κ3) is 2.84. The lowest BCUT2D eigenvalue weighted by molar-refractivity contribution is -0.751. The molecule has 30 heavy (non-hydrogen) atoms. The predicted molar refractivity (Wildman–Crippen MR) is 123 cm³/mol. The van der Waals surface area contributed by atoms with Crippen LogP contribution in [0, 0.1) is 6.92 Å². The molecular formula is C27H30N3+. The average molecular weight is 397 g/mol. The van der Waals surface area contributed by atoms with Gasteiger partial charge in [-0.2, -0.15) is 0 Å². The van der Waals surface area contributed by atoms with E-state index in [0.717, 1.165) is 6.54 Å². The van der Waals surface area contributed by atoms with Gasteiger partial charge in [-0.3, -0.25) is 4.57 Å². The van der Waals surface area contributed by atoms with Crippen molar-refractivity contribution in [2.45, 2.75) is 53.0 Å². The Morgan fingerprint density at radius 3 is 2.13 bits per heavy atom. The Kier molecular flexibility index (Phi) is 4.43. The van der Waals surface area contributed by atoms with E-state index in [-0.39, 0.29) is 0 Å². The van der Waals surface area contributed by atoms with E-state index < -0.39 is 0 Å². The van der Waals surface area contributed by atoms with Crippen molar-refractivity contribution < 1.29 is 4.68 Å². The maximum absolute atomic E-state index is 2.50. The van der Waals surface area contributed by atoms with Gasteiger partial charge in [0.1, 0.15) is 0 Å². The van der Waals surface area contributed by atoms with Gasteiger partial charge >= 0.3 is 0 Å². The Hall–Kier alpha value is -3.07. The molecule has 0 N–H and O–H groups in total. The minimum absolute atomic E-state index is 0.428. The summed E-state index contributed by atoms with van der Waals surface area (Å²) in [4.78, 5) is 0. The average Bonchev–Trinajstić information content (AvgIpc) is 3.38. The second-order valence-corrected chi connectivity index (χ2v) is 9.08. The highest BCUT2D eigenvalue weighted by Gasteiger charge is 2.32. The Bertz CT molecular complexity index is 1190. The first-order chi connectivity index (χ1) is 14.5. The van der Waals surface area contributed by atoms with Crippen LogP contribution in [-0.2, 0) is 6.54 Å². The molecule has 0 radical (unpaired) electrons. The van der Waals surface area contributed by atoms with Crippen LogP contribution in [0.4, 0.5) is 0 Å². The molecule has 3 heteroatoms. The lowest BCUT2D eigenvalue weighted by Crippen LogP contribution is -2.37. The first-order valence-corrected chi connectivity index (χ1v) is 11.0. The van der Waals surface area contributed by atoms with Crippen LogP contribution in [0.3, 0.4) is 0 Å². The van der Waals surface area contributed by atoms with Crippen molar-refractivity contribution in [3.63, 3.8) is 0 Å². The number of fused-ring (bicyclic) bond motifs is 3. The molecule has 0 spiro atoms. The number of aromatic nitrogens is 3. The van der Waals surface area contributed by atoms with Crippen molar-refractivity contribution in [1.82, 2.24) is 9.25 Å². The van der Waals surface area contributed by atoms with E-state index in [1.807, 2.05) is 0 Å². The minimum atomic E-state index is 0.428. The van der Waals surface area contributed by atoms with Crippen LogP contribution in [0.25, 0.3) is 22.6 Å². The fourth-order valence-corrected chi connectivity index (χ4v) is 4.83. The monoisotopic (exact) mass is 396 g/mol. The highest BCUT2D eigenvalue weighted by Crippen LogP contribution is 2.39. The predicted octanol–water partition coefficient (Wildman–Crippen LogP) is 6.14. The van der Waals surface area contributed by atoms with E-state index in [0.29, 0.717) is 11.8 Å². The van der Waals surface area contributed by atoms with Crippen molar-refractivity contribution in [3.8, 4) is 22.6 Å². The second-order valence-electron chi connectivity index (χ2n) is 9.08. The number of nitrogens with zero attached hydrogens (tertiary/aromatic N) is 3. The zero-order valence-corrected chi connectivity index (χ0v) is 18.6. The van der Waals surface area contributed by atoms with Crippen LogP contribution in [0.2, 0.25) is 0 Å². The van der Waals surface area contributed by atoms with Crippen LogP contribution in [-0.4, -0.2) is 9.25 Å². The second kappa shape index (κ2) is 7.02. The van der Waals surface area contributed by atoms with E-state index in [2.05, 4.69) is 116 Å². The molecule has 152 valence electrons. The van der Waals surface area contributed by atoms with Crippen molar-refractivity contribution in [2.24, 2.45) is 0 Å². The summed E-state index contributed by atoms with van der Waals surface area (Å²) < 4.78 is 7.07. The molecule has 1 aliphatic rings. The maximum Gasteiger partial charge on any atom is 0.201 e. The number of aryl methyl sites for hydroxylation is 1. The summed E-state index contributed by atoms with van der Waals surface area (Å²) in [7, 11) is 0.